The molecule has 0 radical (unpaired) electrons. The van der Waals surface area contributed by atoms with Gasteiger partial charge in [-0.1, -0.05) is 23.7 Å². The van der Waals surface area contributed by atoms with Gasteiger partial charge in [-0.2, -0.15) is 0 Å². The fraction of sp³-hybridized carbons (Fsp3) is 0.0556. The fourth-order valence-corrected chi connectivity index (χ4v) is 3.65. The number of rotatable bonds is 5. The van der Waals surface area contributed by atoms with E-state index in [1.165, 1.54) is 0 Å². The number of hydrogen-bond acceptors (Lipinski definition) is 3. The predicted molar refractivity (Wildman–Crippen MR) is 102 cm³/mol. The van der Waals surface area contributed by atoms with Gasteiger partial charge in [0.25, 0.3) is 5.91 Å². The summed E-state index contributed by atoms with van der Waals surface area (Å²) < 4.78 is 18.6. The Balaban J connectivity index is 1.67. The van der Waals surface area contributed by atoms with Crippen molar-refractivity contribution in [2.75, 3.05) is 5.32 Å². The quantitative estimate of drug-likeness (QED) is 0.591. The van der Waals surface area contributed by atoms with Gasteiger partial charge in [-0.25, -0.2) is 0 Å². The first-order chi connectivity index (χ1) is 12.0. The van der Waals surface area contributed by atoms with Gasteiger partial charge in [0.15, 0.2) is 5.76 Å². The number of hydrogen-bond donors (Lipinski definition) is 1. The lowest BCUT2D eigenvalue weighted by atomic mass is 10.3. The minimum absolute atomic E-state index is 0.166. The number of nitrogens with one attached hydrogen (secondary N) is 1. The second-order valence-corrected chi connectivity index (χ2v) is 7.89. The van der Waals surface area contributed by atoms with Gasteiger partial charge in [0, 0.05) is 14.4 Å². The van der Waals surface area contributed by atoms with Crippen LogP contribution in [0.3, 0.4) is 0 Å². The Morgan fingerprint density at radius 3 is 2.52 bits per heavy atom. The van der Waals surface area contributed by atoms with Crippen molar-refractivity contribution in [2.45, 2.75) is 10.6 Å². The molecule has 0 aliphatic heterocycles. The number of anilines is 1. The first-order valence-corrected chi connectivity index (χ1v) is 9.80. The highest BCUT2D eigenvalue weighted by molar-refractivity contribution is 9.10. The zero-order chi connectivity index (χ0) is 17.8. The van der Waals surface area contributed by atoms with Gasteiger partial charge >= 0.3 is 0 Å². The molecule has 1 aromatic heterocycles. The zero-order valence-corrected chi connectivity index (χ0v) is 16.0. The van der Waals surface area contributed by atoms with Crippen LogP contribution in [0.2, 0.25) is 5.02 Å². The maximum absolute atomic E-state index is 12.3. The Kier molecular flexibility index (Phi) is 5.73. The van der Waals surface area contributed by atoms with Gasteiger partial charge < -0.3 is 9.73 Å². The molecule has 0 saturated heterocycles. The molecule has 0 aliphatic rings. The van der Waals surface area contributed by atoms with Crippen LogP contribution in [0.1, 0.15) is 16.3 Å². The van der Waals surface area contributed by atoms with Crippen molar-refractivity contribution in [3.8, 4) is 0 Å². The molecule has 7 heteroatoms. The third-order valence-corrected chi connectivity index (χ3v) is 5.65. The standard InChI is InChI=1S/C18H13BrClNO3S/c19-15-3-1-2-4-16(15)21-18(22)17-10-7-13(24-17)11-25(23)14-8-5-12(20)6-9-14/h1-10H,11H2,(H,21,22)/t25-/m0/s1. The van der Waals surface area contributed by atoms with Crippen LogP contribution in [0.25, 0.3) is 0 Å². The lowest BCUT2D eigenvalue weighted by Gasteiger charge is -2.05. The third kappa shape index (κ3) is 4.60. The van der Waals surface area contributed by atoms with E-state index in [0.717, 1.165) is 4.47 Å². The molecule has 1 atom stereocenters. The lowest BCUT2D eigenvalue weighted by Crippen LogP contribution is -2.11. The van der Waals surface area contributed by atoms with Gasteiger partial charge in [-0.15, -0.1) is 0 Å². The number of furan rings is 1. The third-order valence-electron chi connectivity index (χ3n) is 3.36. The van der Waals surface area contributed by atoms with E-state index in [0.29, 0.717) is 21.4 Å². The molecule has 1 heterocycles. The molecule has 25 heavy (non-hydrogen) atoms. The summed E-state index contributed by atoms with van der Waals surface area (Å²) in [5.74, 6) is 0.462. The molecule has 3 rings (SSSR count). The van der Waals surface area contributed by atoms with Crippen molar-refractivity contribution < 1.29 is 13.4 Å². The SMILES string of the molecule is O=C(Nc1ccccc1Br)c1ccc(C[S@](=O)c2ccc(Cl)cc2)o1. The fourth-order valence-electron chi connectivity index (χ4n) is 2.12. The average Bonchev–Trinajstić information content (AvgIpc) is 3.06. The monoisotopic (exact) mass is 437 g/mol. The molecule has 2 aromatic carbocycles. The average molecular weight is 439 g/mol. The molecule has 128 valence electrons. The maximum Gasteiger partial charge on any atom is 0.291 e. The van der Waals surface area contributed by atoms with Crippen LogP contribution < -0.4 is 5.32 Å². The summed E-state index contributed by atoms with van der Waals surface area (Å²) in [5, 5.41) is 3.35. The molecule has 0 saturated carbocycles. The Hall–Kier alpha value is -1.89. The number of halogens is 2. The topological polar surface area (TPSA) is 59.3 Å². The molecule has 1 amide bonds. The van der Waals surface area contributed by atoms with Crippen molar-refractivity contribution in [3.05, 3.63) is 81.7 Å². The predicted octanol–water partition coefficient (Wildman–Crippen LogP) is 5.26. The minimum Gasteiger partial charge on any atom is -0.455 e. The minimum atomic E-state index is -1.28. The second kappa shape index (κ2) is 7.99. The van der Waals surface area contributed by atoms with E-state index >= 15 is 0 Å². The summed E-state index contributed by atoms with van der Waals surface area (Å²) in [7, 11) is -1.28. The van der Waals surface area contributed by atoms with Crippen molar-refractivity contribution in [2.24, 2.45) is 0 Å². The summed E-state index contributed by atoms with van der Waals surface area (Å²) in [6, 6.07) is 17.3. The van der Waals surface area contributed by atoms with E-state index < -0.39 is 10.8 Å². The highest BCUT2D eigenvalue weighted by atomic mass is 79.9. The summed E-state index contributed by atoms with van der Waals surface area (Å²) in [6.07, 6.45) is 0. The Labute approximate surface area is 160 Å². The summed E-state index contributed by atoms with van der Waals surface area (Å²) >= 11 is 9.20. The smallest absolute Gasteiger partial charge is 0.291 e. The largest absolute Gasteiger partial charge is 0.455 e. The molecule has 0 bridgehead atoms. The van der Waals surface area contributed by atoms with Crippen LogP contribution in [0, 0.1) is 0 Å². The number of amides is 1. The molecule has 0 spiro atoms. The zero-order valence-electron chi connectivity index (χ0n) is 12.9. The summed E-state index contributed by atoms with van der Waals surface area (Å²) in [6.45, 7) is 0. The normalized spacial score (nSPS) is 11.9. The van der Waals surface area contributed by atoms with Gasteiger partial charge in [0.2, 0.25) is 0 Å². The lowest BCUT2D eigenvalue weighted by molar-refractivity contribution is 0.0995. The highest BCUT2D eigenvalue weighted by Gasteiger charge is 2.14. The molecular weight excluding hydrogens is 426 g/mol. The Morgan fingerprint density at radius 1 is 1.08 bits per heavy atom. The van der Waals surface area contributed by atoms with Gasteiger partial charge in [0.05, 0.1) is 22.2 Å². The van der Waals surface area contributed by atoms with E-state index in [2.05, 4.69) is 21.2 Å². The molecule has 0 unspecified atom stereocenters. The number of carbonyl (C=O) groups is 1. The first kappa shape index (κ1) is 17.9. The maximum atomic E-state index is 12.3. The van der Waals surface area contributed by atoms with Gasteiger partial charge in [0.1, 0.15) is 5.76 Å². The van der Waals surface area contributed by atoms with E-state index in [-0.39, 0.29) is 17.4 Å². The van der Waals surface area contributed by atoms with E-state index in [1.54, 1.807) is 42.5 Å². The van der Waals surface area contributed by atoms with Crippen molar-refractivity contribution in [1.82, 2.24) is 0 Å². The molecule has 0 fully saturated rings. The van der Waals surface area contributed by atoms with E-state index in [9.17, 15) is 9.00 Å². The highest BCUT2D eigenvalue weighted by Crippen LogP contribution is 2.23. The first-order valence-electron chi connectivity index (χ1n) is 7.31. The van der Waals surface area contributed by atoms with Gasteiger partial charge in [-0.3, -0.25) is 9.00 Å². The van der Waals surface area contributed by atoms with Crippen LogP contribution in [0.15, 0.2) is 74.4 Å². The van der Waals surface area contributed by atoms with Crippen LogP contribution >= 0.6 is 27.5 Å². The van der Waals surface area contributed by atoms with E-state index in [4.69, 9.17) is 16.0 Å². The number of carbonyl (C=O) groups excluding carboxylic acids is 1. The van der Waals surface area contributed by atoms with Crippen LogP contribution in [-0.4, -0.2) is 10.1 Å². The Morgan fingerprint density at radius 2 is 1.80 bits per heavy atom. The number of para-hydroxylation sites is 1. The summed E-state index contributed by atoms with van der Waals surface area (Å²) in [4.78, 5) is 12.9. The van der Waals surface area contributed by atoms with Crippen molar-refractivity contribution in [3.63, 3.8) is 0 Å². The van der Waals surface area contributed by atoms with Gasteiger partial charge in [-0.05, 0) is 64.5 Å². The van der Waals surface area contributed by atoms with Crippen LogP contribution in [0.5, 0.6) is 0 Å². The van der Waals surface area contributed by atoms with E-state index in [1.807, 2.05) is 18.2 Å². The molecule has 1 N–H and O–H groups in total. The van der Waals surface area contributed by atoms with Crippen molar-refractivity contribution >= 4 is 49.9 Å². The molecule has 0 aliphatic carbocycles. The second-order valence-electron chi connectivity index (χ2n) is 5.14. The van der Waals surface area contributed by atoms with Crippen LogP contribution in [0.4, 0.5) is 5.69 Å². The van der Waals surface area contributed by atoms with Crippen LogP contribution in [-0.2, 0) is 16.6 Å². The summed E-state index contributed by atoms with van der Waals surface area (Å²) in [5.41, 5.74) is 0.648. The number of benzene rings is 2. The molecular formula is C18H13BrClNO3S. The Bertz CT molecular complexity index is 924. The van der Waals surface area contributed by atoms with Crippen molar-refractivity contribution in [1.29, 1.82) is 0 Å². The molecule has 4 nitrogen and oxygen atoms in total. The molecule has 3 aromatic rings.